The number of urea groups is 1. The van der Waals surface area contributed by atoms with Crippen LogP contribution in [-0.4, -0.2) is 36.6 Å². The minimum Gasteiger partial charge on any atom is -0.468 e. The summed E-state index contributed by atoms with van der Waals surface area (Å²) >= 11 is 0. The summed E-state index contributed by atoms with van der Waals surface area (Å²) in [7, 11) is 1.24. The van der Waals surface area contributed by atoms with Gasteiger partial charge >= 0.3 is 12.0 Å². The summed E-state index contributed by atoms with van der Waals surface area (Å²) in [4.78, 5) is 22.2. The predicted octanol–water partition coefficient (Wildman–Crippen LogP) is 1.18. The molecule has 0 aliphatic rings. The molecule has 0 saturated carbocycles. The van der Waals surface area contributed by atoms with Gasteiger partial charge in [0.05, 0.1) is 12.8 Å². The lowest BCUT2D eigenvalue weighted by Gasteiger charge is -2.07. The van der Waals surface area contributed by atoms with Crippen LogP contribution in [0.2, 0.25) is 0 Å². The highest BCUT2D eigenvalue weighted by Gasteiger charge is 2.05. The van der Waals surface area contributed by atoms with Crippen molar-refractivity contribution in [2.24, 2.45) is 5.16 Å². The summed E-state index contributed by atoms with van der Waals surface area (Å²) < 4.78 is 4.39. The van der Waals surface area contributed by atoms with E-state index in [0.717, 1.165) is 5.56 Å². The van der Waals surface area contributed by atoms with Gasteiger partial charge in [-0.25, -0.2) is 4.79 Å². The molecular weight excluding hydrogens is 250 g/mol. The van der Waals surface area contributed by atoms with E-state index in [0.29, 0.717) is 11.4 Å². The maximum Gasteiger partial charge on any atom is 0.325 e. The van der Waals surface area contributed by atoms with Crippen LogP contribution in [0, 0.1) is 0 Å². The Hall–Kier alpha value is -2.57. The summed E-state index contributed by atoms with van der Waals surface area (Å²) in [6.07, 6.45) is 0. The van der Waals surface area contributed by atoms with Gasteiger partial charge in [0, 0.05) is 5.69 Å². The predicted molar refractivity (Wildman–Crippen MR) is 69.5 cm³/mol. The van der Waals surface area contributed by atoms with Crippen LogP contribution in [0.5, 0.6) is 0 Å². The van der Waals surface area contributed by atoms with Crippen molar-refractivity contribution in [2.45, 2.75) is 6.92 Å². The molecule has 0 heterocycles. The van der Waals surface area contributed by atoms with Crippen molar-refractivity contribution in [3.63, 3.8) is 0 Å². The van der Waals surface area contributed by atoms with Crippen LogP contribution in [0.4, 0.5) is 10.5 Å². The molecule has 0 fully saturated rings. The average molecular weight is 265 g/mol. The number of benzene rings is 1. The molecule has 19 heavy (non-hydrogen) atoms. The molecule has 0 radical (unpaired) electrons. The number of amides is 2. The van der Waals surface area contributed by atoms with Gasteiger partial charge in [0.1, 0.15) is 6.54 Å². The van der Waals surface area contributed by atoms with Gasteiger partial charge < -0.3 is 20.6 Å². The van der Waals surface area contributed by atoms with Crippen LogP contribution < -0.4 is 10.6 Å². The van der Waals surface area contributed by atoms with E-state index in [-0.39, 0.29) is 6.54 Å². The van der Waals surface area contributed by atoms with Crippen LogP contribution in [0.25, 0.3) is 0 Å². The van der Waals surface area contributed by atoms with E-state index in [1.807, 2.05) is 0 Å². The Kier molecular flexibility index (Phi) is 5.34. The second-order valence-corrected chi connectivity index (χ2v) is 3.65. The quantitative estimate of drug-likeness (QED) is 0.329. The molecule has 0 aromatic heterocycles. The fourth-order valence-electron chi connectivity index (χ4n) is 1.25. The van der Waals surface area contributed by atoms with Gasteiger partial charge in [-0.2, -0.15) is 0 Å². The lowest BCUT2D eigenvalue weighted by Crippen LogP contribution is -2.33. The number of ether oxygens (including phenoxy) is 1. The third kappa shape index (κ3) is 4.66. The normalized spacial score (nSPS) is 10.7. The van der Waals surface area contributed by atoms with Gasteiger partial charge in [-0.3, -0.25) is 4.79 Å². The third-order valence-corrected chi connectivity index (χ3v) is 2.33. The number of hydrogen-bond donors (Lipinski definition) is 3. The topological polar surface area (TPSA) is 100 Å². The fourth-order valence-corrected chi connectivity index (χ4v) is 1.25. The molecule has 1 aromatic carbocycles. The lowest BCUT2D eigenvalue weighted by atomic mass is 10.1. The molecule has 0 bridgehead atoms. The minimum atomic E-state index is -0.528. The van der Waals surface area contributed by atoms with Crippen molar-refractivity contribution in [1.82, 2.24) is 5.32 Å². The average Bonchev–Trinajstić information content (AvgIpc) is 2.44. The van der Waals surface area contributed by atoms with Crippen molar-refractivity contribution in [3.8, 4) is 0 Å². The van der Waals surface area contributed by atoms with E-state index in [9.17, 15) is 9.59 Å². The molecule has 102 valence electrons. The zero-order chi connectivity index (χ0) is 14.3. The summed E-state index contributed by atoms with van der Waals surface area (Å²) in [5.74, 6) is -0.528. The minimum absolute atomic E-state index is 0.198. The number of rotatable bonds is 4. The number of carbonyl (C=O) groups is 2. The van der Waals surface area contributed by atoms with Crippen LogP contribution in [-0.2, 0) is 9.53 Å². The van der Waals surface area contributed by atoms with E-state index >= 15 is 0 Å². The van der Waals surface area contributed by atoms with E-state index in [1.165, 1.54) is 7.11 Å². The molecule has 2 amide bonds. The number of oxime groups is 1. The fraction of sp³-hybridized carbons (Fsp3) is 0.250. The van der Waals surface area contributed by atoms with E-state index in [2.05, 4.69) is 20.5 Å². The molecule has 0 spiro atoms. The van der Waals surface area contributed by atoms with E-state index in [4.69, 9.17) is 5.21 Å². The Morgan fingerprint density at radius 3 is 2.47 bits per heavy atom. The monoisotopic (exact) mass is 265 g/mol. The Bertz CT molecular complexity index is 482. The Labute approximate surface area is 110 Å². The number of carbonyl (C=O) groups excluding carboxylic acids is 2. The van der Waals surface area contributed by atoms with Gasteiger partial charge in [-0.1, -0.05) is 17.3 Å². The van der Waals surface area contributed by atoms with Crippen LogP contribution in [0.1, 0.15) is 12.5 Å². The molecule has 7 nitrogen and oxygen atoms in total. The maximum absolute atomic E-state index is 11.4. The van der Waals surface area contributed by atoms with Crippen LogP contribution >= 0.6 is 0 Å². The van der Waals surface area contributed by atoms with Crippen molar-refractivity contribution >= 4 is 23.4 Å². The van der Waals surface area contributed by atoms with Gasteiger partial charge in [0.25, 0.3) is 0 Å². The zero-order valence-electron chi connectivity index (χ0n) is 10.6. The second-order valence-electron chi connectivity index (χ2n) is 3.65. The SMILES string of the molecule is COC(=O)CNC(=O)Nc1ccc(C(C)=NO)cc1. The van der Waals surface area contributed by atoms with E-state index in [1.54, 1.807) is 31.2 Å². The first-order chi connectivity index (χ1) is 9.06. The summed E-state index contributed by atoms with van der Waals surface area (Å²) in [6.45, 7) is 1.46. The molecule has 3 N–H and O–H groups in total. The summed E-state index contributed by atoms with van der Waals surface area (Å²) in [5.41, 5.74) is 1.77. The standard InChI is InChI=1S/C12H15N3O4/c1-8(15-18)9-3-5-10(6-4-9)14-12(17)13-7-11(16)19-2/h3-6,18H,7H2,1-2H3,(H2,13,14,17). The van der Waals surface area contributed by atoms with Crippen molar-refractivity contribution < 1.29 is 19.5 Å². The number of nitrogens with one attached hydrogen (secondary N) is 2. The smallest absolute Gasteiger partial charge is 0.325 e. The highest BCUT2D eigenvalue weighted by molar-refractivity contribution is 5.99. The largest absolute Gasteiger partial charge is 0.468 e. The van der Waals surface area contributed by atoms with Crippen molar-refractivity contribution in [1.29, 1.82) is 0 Å². The molecule has 0 saturated heterocycles. The van der Waals surface area contributed by atoms with Crippen molar-refractivity contribution in [3.05, 3.63) is 29.8 Å². The van der Waals surface area contributed by atoms with Crippen LogP contribution in [0.15, 0.2) is 29.4 Å². The molecule has 0 aliphatic heterocycles. The number of hydrogen-bond acceptors (Lipinski definition) is 5. The van der Waals surface area contributed by atoms with Gasteiger partial charge in [0.15, 0.2) is 0 Å². The highest BCUT2D eigenvalue weighted by Crippen LogP contribution is 2.10. The number of nitrogens with zero attached hydrogens (tertiary/aromatic N) is 1. The summed E-state index contributed by atoms with van der Waals surface area (Å²) in [6, 6.07) is 6.20. The maximum atomic E-state index is 11.4. The van der Waals surface area contributed by atoms with E-state index < -0.39 is 12.0 Å². The van der Waals surface area contributed by atoms with Crippen LogP contribution in [0.3, 0.4) is 0 Å². The molecule has 0 aliphatic carbocycles. The number of methoxy groups -OCH3 is 1. The molecule has 0 atom stereocenters. The van der Waals surface area contributed by atoms with Gasteiger partial charge in [0.2, 0.25) is 0 Å². The Morgan fingerprint density at radius 2 is 1.95 bits per heavy atom. The lowest BCUT2D eigenvalue weighted by molar-refractivity contribution is -0.139. The molecular formula is C12H15N3O4. The molecule has 7 heteroatoms. The Morgan fingerprint density at radius 1 is 1.32 bits per heavy atom. The molecule has 1 aromatic rings. The van der Waals surface area contributed by atoms with Gasteiger partial charge in [-0.15, -0.1) is 0 Å². The molecule has 0 unspecified atom stereocenters. The first kappa shape index (κ1) is 14.5. The van der Waals surface area contributed by atoms with Gasteiger partial charge in [-0.05, 0) is 24.6 Å². The Balaban J connectivity index is 2.53. The highest BCUT2D eigenvalue weighted by atomic mass is 16.5. The number of anilines is 1. The molecule has 1 rings (SSSR count). The first-order valence-corrected chi connectivity index (χ1v) is 5.47. The zero-order valence-corrected chi connectivity index (χ0v) is 10.6. The number of esters is 1. The second kappa shape index (κ2) is 7.00. The summed E-state index contributed by atoms with van der Waals surface area (Å²) in [5, 5.41) is 16.6. The first-order valence-electron chi connectivity index (χ1n) is 5.47. The van der Waals surface area contributed by atoms with Crippen molar-refractivity contribution in [2.75, 3.05) is 19.0 Å². The third-order valence-electron chi connectivity index (χ3n) is 2.33.